The second-order valence-electron chi connectivity index (χ2n) is 3.68. The van der Waals surface area contributed by atoms with Crippen molar-refractivity contribution < 1.29 is 4.74 Å². The van der Waals surface area contributed by atoms with E-state index in [1.807, 2.05) is 55.5 Å². The third-order valence-electron chi connectivity index (χ3n) is 2.47. The van der Waals surface area contributed by atoms with Crippen molar-refractivity contribution in [3.63, 3.8) is 0 Å². The molecule has 0 aromatic heterocycles. The van der Waals surface area contributed by atoms with Crippen LogP contribution in [0.15, 0.2) is 48.5 Å². The van der Waals surface area contributed by atoms with Crippen LogP contribution in [0.5, 0.6) is 5.75 Å². The lowest BCUT2D eigenvalue weighted by molar-refractivity contribution is 0.412. The van der Waals surface area contributed by atoms with Crippen molar-refractivity contribution in [2.75, 3.05) is 12.4 Å². The highest BCUT2D eigenvalue weighted by atomic mass is 16.5. The summed E-state index contributed by atoms with van der Waals surface area (Å²) in [5, 5.41) is 3.33. The Kier molecular flexibility index (Phi) is 3.10. The topological polar surface area (TPSA) is 21.3 Å². The number of ether oxygens (including phenoxy) is 1. The van der Waals surface area contributed by atoms with Crippen molar-refractivity contribution in [1.82, 2.24) is 0 Å². The fraction of sp³-hybridized carbons (Fsp3) is 0.143. The van der Waals surface area contributed by atoms with Gasteiger partial charge in [-0.15, -0.1) is 0 Å². The predicted molar refractivity (Wildman–Crippen MR) is 67.5 cm³/mol. The monoisotopic (exact) mass is 213 g/mol. The van der Waals surface area contributed by atoms with Crippen LogP contribution in [0.2, 0.25) is 0 Å². The van der Waals surface area contributed by atoms with Crippen LogP contribution in [-0.4, -0.2) is 7.11 Å². The number of rotatable bonds is 3. The minimum Gasteiger partial charge on any atom is -0.496 e. The van der Waals surface area contributed by atoms with E-state index in [1.165, 1.54) is 0 Å². The summed E-state index contributed by atoms with van der Waals surface area (Å²) in [5.74, 6) is 0.904. The zero-order valence-corrected chi connectivity index (χ0v) is 9.53. The van der Waals surface area contributed by atoms with Crippen LogP contribution in [0.1, 0.15) is 5.56 Å². The highest BCUT2D eigenvalue weighted by Crippen LogP contribution is 2.24. The number of hydrogen-bond donors (Lipinski definition) is 1. The molecule has 0 heterocycles. The second kappa shape index (κ2) is 4.71. The van der Waals surface area contributed by atoms with Crippen molar-refractivity contribution in [3.05, 3.63) is 54.1 Å². The molecule has 2 nitrogen and oxygen atoms in total. The fourth-order valence-corrected chi connectivity index (χ4v) is 1.59. The van der Waals surface area contributed by atoms with Gasteiger partial charge in [0, 0.05) is 17.4 Å². The minimum atomic E-state index is 0.904. The smallest absolute Gasteiger partial charge is 0.123 e. The number of methoxy groups -OCH3 is 1. The lowest BCUT2D eigenvalue weighted by Gasteiger charge is -2.09. The van der Waals surface area contributed by atoms with Gasteiger partial charge in [-0.1, -0.05) is 24.3 Å². The van der Waals surface area contributed by atoms with Crippen LogP contribution in [0.25, 0.3) is 0 Å². The SMILES string of the molecule is COc1cc(Nc2ccccc2)ccc1C. The molecule has 0 aliphatic heterocycles. The molecular formula is C14H15NO. The second-order valence-corrected chi connectivity index (χ2v) is 3.68. The maximum atomic E-state index is 5.28. The number of benzene rings is 2. The molecule has 0 spiro atoms. The van der Waals surface area contributed by atoms with E-state index in [9.17, 15) is 0 Å². The summed E-state index contributed by atoms with van der Waals surface area (Å²) < 4.78 is 5.28. The van der Waals surface area contributed by atoms with Gasteiger partial charge >= 0.3 is 0 Å². The van der Waals surface area contributed by atoms with Gasteiger partial charge in [-0.05, 0) is 30.7 Å². The molecule has 0 fully saturated rings. The summed E-state index contributed by atoms with van der Waals surface area (Å²) in [7, 11) is 1.69. The molecule has 2 rings (SSSR count). The van der Waals surface area contributed by atoms with Crippen molar-refractivity contribution >= 4 is 11.4 Å². The molecule has 2 aromatic rings. The number of hydrogen-bond acceptors (Lipinski definition) is 2. The minimum absolute atomic E-state index is 0.904. The summed E-state index contributed by atoms with van der Waals surface area (Å²) in [6.07, 6.45) is 0. The van der Waals surface area contributed by atoms with E-state index in [0.717, 1.165) is 22.7 Å². The molecule has 16 heavy (non-hydrogen) atoms. The highest BCUT2D eigenvalue weighted by molar-refractivity contribution is 5.62. The third kappa shape index (κ3) is 2.34. The third-order valence-corrected chi connectivity index (χ3v) is 2.47. The summed E-state index contributed by atoms with van der Waals surface area (Å²) in [6, 6.07) is 16.2. The number of para-hydroxylation sites is 1. The van der Waals surface area contributed by atoms with Crippen LogP contribution in [0.4, 0.5) is 11.4 Å². The van der Waals surface area contributed by atoms with E-state index < -0.39 is 0 Å². The van der Waals surface area contributed by atoms with Crippen LogP contribution >= 0.6 is 0 Å². The molecule has 0 aliphatic rings. The predicted octanol–water partition coefficient (Wildman–Crippen LogP) is 3.75. The van der Waals surface area contributed by atoms with E-state index in [0.29, 0.717) is 0 Å². The van der Waals surface area contributed by atoms with E-state index in [-0.39, 0.29) is 0 Å². The zero-order chi connectivity index (χ0) is 11.4. The summed E-state index contributed by atoms with van der Waals surface area (Å²) >= 11 is 0. The first-order valence-corrected chi connectivity index (χ1v) is 5.26. The molecule has 0 saturated heterocycles. The number of anilines is 2. The molecule has 82 valence electrons. The Labute approximate surface area is 95.9 Å². The van der Waals surface area contributed by atoms with Crippen molar-refractivity contribution in [1.29, 1.82) is 0 Å². The van der Waals surface area contributed by atoms with E-state index >= 15 is 0 Å². The lowest BCUT2D eigenvalue weighted by Crippen LogP contribution is -1.92. The Balaban J connectivity index is 2.22. The van der Waals surface area contributed by atoms with Gasteiger partial charge in [-0.3, -0.25) is 0 Å². The van der Waals surface area contributed by atoms with Gasteiger partial charge in [0.2, 0.25) is 0 Å². The summed E-state index contributed by atoms with van der Waals surface area (Å²) in [5.41, 5.74) is 3.25. The Morgan fingerprint density at radius 1 is 0.938 bits per heavy atom. The average molecular weight is 213 g/mol. The molecule has 0 atom stereocenters. The molecule has 0 radical (unpaired) electrons. The highest BCUT2D eigenvalue weighted by Gasteiger charge is 2.00. The van der Waals surface area contributed by atoms with Crippen LogP contribution in [0, 0.1) is 6.92 Å². The molecule has 0 aliphatic carbocycles. The summed E-state index contributed by atoms with van der Waals surface area (Å²) in [4.78, 5) is 0. The van der Waals surface area contributed by atoms with Crippen LogP contribution in [0.3, 0.4) is 0 Å². The first-order chi connectivity index (χ1) is 7.79. The molecule has 2 heteroatoms. The average Bonchev–Trinajstić information content (AvgIpc) is 2.33. The Morgan fingerprint density at radius 2 is 1.69 bits per heavy atom. The van der Waals surface area contributed by atoms with Crippen molar-refractivity contribution in [2.24, 2.45) is 0 Å². The lowest BCUT2D eigenvalue weighted by atomic mass is 10.2. The van der Waals surface area contributed by atoms with Gasteiger partial charge in [-0.2, -0.15) is 0 Å². The maximum absolute atomic E-state index is 5.28. The number of nitrogens with one attached hydrogen (secondary N) is 1. The van der Waals surface area contributed by atoms with Gasteiger partial charge < -0.3 is 10.1 Å². The van der Waals surface area contributed by atoms with Crippen LogP contribution in [-0.2, 0) is 0 Å². The Hall–Kier alpha value is -1.96. The molecule has 0 amide bonds. The zero-order valence-electron chi connectivity index (χ0n) is 9.53. The molecule has 2 aromatic carbocycles. The van der Waals surface area contributed by atoms with E-state index in [2.05, 4.69) is 5.32 Å². The number of aryl methyl sites for hydroxylation is 1. The van der Waals surface area contributed by atoms with Crippen molar-refractivity contribution in [2.45, 2.75) is 6.92 Å². The fourth-order valence-electron chi connectivity index (χ4n) is 1.59. The Morgan fingerprint density at radius 3 is 2.38 bits per heavy atom. The first kappa shape index (κ1) is 10.6. The first-order valence-electron chi connectivity index (χ1n) is 5.26. The summed E-state index contributed by atoms with van der Waals surface area (Å²) in [6.45, 7) is 2.03. The van der Waals surface area contributed by atoms with Gasteiger partial charge in [0.15, 0.2) is 0 Å². The quantitative estimate of drug-likeness (QED) is 0.838. The molecular weight excluding hydrogens is 198 g/mol. The molecule has 1 N–H and O–H groups in total. The normalized spacial score (nSPS) is 9.88. The van der Waals surface area contributed by atoms with Gasteiger partial charge in [0.25, 0.3) is 0 Å². The van der Waals surface area contributed by atoms with E-state index in [4.69, 9.17) is 4.74 Å². The van der Waals surface area contributed by atoms with Gasteiger partial charge in [-0.25, -0.2) is 0 Å². The molecule has 0 unspecified atom stereocenters. The largest absolute Gasteiger partial charge is 0.496 e. The maximum Gasteiger partial charge on any atom is 0.123 e. The van der Waals surface area contributed by atoms with E-state index in [1.54, 1.807) is 7.11 Å². The van der Waals surface area contributed by atoms with Gasteiger partial charge in [0.05, 0.1) is 7.11 Å². The van der Waals surface area contributed by atoms with Crippen LogP contribution < -0.4 is 10.1 Å². The van der Waals surface area contributed by atoms with Gasteiger partial charge in [0.1, 0.15) is 5.75 Å². The standard InChI is InChI=1S/C14H15NO/c1-11-8-9-13(10-14(11)16-2)15-12-6-4-3-5-7-12/h3-10,15H,1-2H3. The molecule has 0 saturated carbocycles. The molecule has 0 bridgehead atoms. The van der Waals surface area contributed by atoms with Crippen molar-refractivity contribution in [3.8, 4) is 5.75 Å². The Bertz CT molecular complexity index is 465.